The Balaban J connectivity index is 2.15. The summed E-state index contributed by atoms with van der Waals surface area (Å²) in [6.45, 7) is 0. The van der Waals surface area contributed by atoms with Crippen LogP contribution in [0.2, 0.25) is 0 Å². The maximum atomic E-state index is 11.9. The number of carbonyl (C=O) groups is 1. The lowest BCUT2D eigenvalue weighted by molar-refractivity contribution is 0.0734. The first-order valence-electron chi connectivity index (χ1n) is 5.61. The molecule has 2 aromatic carbocycles. The quantitative estimate of drug-likeness (QED) is 0.500. The molecule has 0 aliphatic carbocycles. The minimum atomic E-state index is -0.510. The van der Waals surface area contributed by atoms with Crippen molar-refractivity contribution in [2.75, 3.05) is 18.6 Å². The summed E-state index contributed by atoms with van der Waals surface area (Å²) >= 11 is 0. The Kier molecular flexibility index (Phi) is 3.56. The molecular weight excluding hydrogens is 244 g/mol. The molecule has 0 saturated carbocycles. The van der Waals surface area contributed by atoms with Gasteiger partial charge in [-0.25, -0.2) is 4.79 Å². The SMILES string of the molecule is COc1ccc(OC(=O)c2cc(N)cc(N)c2)cc1. The Hall–Kier alpha value is -2.69. The highest BCUT2D eigenvalue weighted by Crippen LogP contribution is 2.20. The molecule has 0 heterocycles. The highest BCUT2D eigenvalue weighted by atomic mass is 16.5. The summed E-state index contributed by atoms with van der Waals surface area (Å²) in [7, 11) is 1.57. The summed E-state index contributed by atoms with van der Waals surface area (Å²) in [6, 6.07) is 11.3. The second kappa shape index (κ2) is 5.30. The second-order valence-electron chi connectivity index (χ2n) is 3.95. The van der Waals surface area contributed by atoms with Gasteiger partial charge in [0.25, 0.3) is 0 Å². The molecule has 19 heavy (non-hydrogen) atoms. The summed E-state index contributed by atoms with van der Waals surface area (Å²) in [5.41, 5.74) is 12.4. The first kappa shape index (κ1) is 12.8. The van der Waals surface area contributed by atoms with Gasteiger partial charge in [0, 0.05) is 11.4 Å². The van der Waals surface area contributed by atoms with E-state index in [1.54, 1.807) is 37.4 Å². The van der Waals surface area contributed by atoms with Crippen molar-refractivity contribution < 1.29 is 14.3 Å². The van der Waals surface area contributed by atoms with Crippen molar-refractivity contribution >= 4 is 17.3 Å². The summed E-state index contributed by atoms with van der Waals surface area (Å²) in [6.07, 6.45) is 0. The van der Waals surface area contributed by atoms with Gasteiger partial charge in [-0.05, 0) is 42.5 Å². The molecule has 0 aliphatic heterocycles. The van der Waals surface area contributed by atoms with Crippen LogP contribution in [0.4, 0.5) is 11.4 Å². The predicted octanol–water partition coefficient (Wildman–Crippen LogP) is 2.08. The molecule has 0 unspecified atom stereocenters. The zero-order valence-corrected chi connectivity index (χ0v) is 10.4. The number of ether oxygens (including phenoxy) is 2. The van der Waals surface area contributed by atoms with Crippen molar-refractivity contribution in [3.05, 3.63) is 48.0 Å². The molecule has 0 fully saturated rings. The topological polar surface area (TPSA) is 87.6 Å². The number of nitrogen functional groups attached to an aromatic ring is 2. The van der Waals surface area contributed by atoms with Gasteiger partial charge >= 0.3 is 5.97 Å². The minimum absolute atomic E-state index is 0.313. The van der Waals surface area contributed by atoms with E-state index in [0.717, 1.165) is 0 Å². The summed E-state index contributed by atoms with van der Waals surface area (Å²) in [5, 5.41) is 0. The van der Waals surface area contributed by atoms with Crippen molar-refractivity contribution in [2.24, 2.45) is 0 Å². The smallest absolute Gasteiger partial charge is 0.343 e. The lowest BCUT2D eigenvalue weighted by Crippen LogP contribution is -2.09. The maximum absolute atomic E-state index is 11.9. The van der Waals surface area contributed by atoms with Crippen molar-refractivity contribution in [1.29, 1.82) is 0 Å². The molecule has 5 nitrogen and oxygen atoms in total. The molecule has 0 aliphatic rings. The molecule has 0 bridgehead atoms. The lowest BCUT2D eigenvalue weighted by Gasteiger charge is -2.06. The van der Waals surface area contributed by atoms with Crippen LogP contribution in [-0.4, -0.2) is 13.1 Å². The van der Waals surface area contributed by atoms with E-state index in [1.165, 1.54) is 12.1 Å². The molecule has 0 aromatic heterocycles. The predicted molar refractivity (Wildman–Crippen MR) is 73.2 cm³/mol. The Morgan fingerprint density at radius 2 is 1.47 bits per heavy atom. The highest BCUT2D eigenvalue weighted by molar-refractivity contribution is 5.93. The van der Waals surface area contributed by atoms with E-state index in [2.05, 4.69) is 0 Å². The van der Waals surface area contributed by atoms with Gasteiger partial charge in [-0.1, -0.05) is 0 Å². The average molecular weight is 258 g/mol. The fourth-order valence-electron chi connectivity index (χ4n) is 1.60. The normalized spacial score (nSPS) is 9.95. The molecule has 0 amide bonds. The fourth-order valence-corrected chi connectivity index (χ4v) is 1.60. The van der Waals surface area contributed by atoms with Crippen LogP contribution in [0.25, 0.3) is 0 Å². The largest absolute Gasteiger partial charge is 0.497 e. The van der Waals surface area contributed by atoms with Gasteiger partial charge in [0.2, 0.25) is 0 Å². The van der Waals surface area contributed by atoms with Crippen molar-refractivity contribution in [1.82, 2.24) is 0 Å². The zero-order valence-electron chi connectivity index (χ0n) is 10.4. The van der Waals surface area contributed by atoms with E-state index < -0.39 is 5.97 Å². The van der Waals surface area contributed by atoms with E-state index in [-0.39, 0.29) is 0 Å². The van der Waals surface area contributed by atoms with Crippen molar-refractivity contribution in [3.63, 3.8) is 0 Å². The van der Waals surface area contributed by atoms with Crippen LogP contribution >= 0.6 is 0 Å². The van der Waals surface area contributed by atoms with Crippen LogP contribution in [-0.2, 0) is 0 Å². The second-order valence-corrected chi connectivity index (χ2v) is 3.95. The molecule has 2 rings (SSSR count). The lowest BCUT2D eigenvalue weighted by atomic mass is 10.2. The van der Waals surface area contributed by atoms with Crippen LogP contribution in [0, 0.1) is 0 Å². The maximum Gasteiger partial charge on any atom is 0.343 e. The number of anilines is 2. The molecule has 0 radical (unpaired) electrons. The number of nitrogens with two attached hydrogens (primary N) is 2. The Morgan fingerprint density at radius 1 is 0.947 bits per heavy atom. The van der Waals surface area contributed by atoms with E-state index in [0.29, 0.717) is 28.4 Å². The number of hydrogen-bond donors (Lipinski definition) is 2. The van der Waals surface area contributed by atoms with Gasteiger partial charge in [-0.2, -0.15) is 0 Å². The monoisotopic (exact) mass is 258 g/mol. The minimum Gasteiger partial charge on any atom is -0.497 e. The van der Waals surface area contributed by atoms with Crippen LogP contribution < -0.4 is 20.9 Å². The van der Waals surface area contributed by atoms with E-state index in [4.69, 9.17) is 20.9 Å². The van der Waals surface area contributed by atoms with Gasteiger partial charge in [-0.3, -0.25) is 0 Å². The standard InChI is InChI=1S/C14H14N2O3/c1-18-12-2-4-13(5-3-12)19-14(17)9-6-10(15)8-11(16)7-9/h2-8H,15-16H2,1H3. The van der Waals surface area contributed by atoms with Gasteiger partial charge < -0.3 is 20.9 Å². The first-order chi connectivity index (χ1) is 9.08. The zero-order chi connectivity index (χ0) is 13.8. The molecule has 0 saturated heterocycles. The first-order valence-corrected chi connectivity index (χ1v) is 5.61. The Labute approximate surface area is 110 Å². The van der Waals surface area contributed by atoms with Gasteiger partial charge in [0.15, 0.2) is 0 Å². The van der Waals surface area contributed by atoms with E-state index in [9.17, 15) is 4.79 Å². The third kappa shape index (κ3) is 3.16. The number of benzene rings is 2. The number of carbonyl (C=O) groups excluding carboxylic acids is 1. The van der Waals surface area contributed by atoms with Crippen LogP contribution in [0.5, 0.6) is 11.5 Å². The molecule has 2 aromatic rings. The molecular formula is C14H14N2O3. The molecule has 98 valence electrons. The number of hydrogen-bond acceptors (Lipinski definition) is 5. The number of methoxy groups -OCH3 is 1. The molecule has 0 spiro atoms. The van der Waals surface area contributed by atoms with Gasteiger partial charge in [-0.15, -0.1) is 0 Å². The summed E-state index contributed by atoms with van der Waals surface area (Å²) in [5.74, 6) is 0.601. The number of esters is 1. The van der Waals surface area contributed by atoms with Crippen LogP contribution in [0.15, 0.2) is 42.5 Å². The van der Waals surface area contributed by atoms with Crippen molar-refractivity contribution in [2.45, 2.75) is 0 Å². The van der Waals surface area contributed by atoms with Crippen molar-refractivity contribution in [3.8, 4) is 11.5 Å². The average Bonchev–Trinajstić information content (AvgIpc) is 2.38. The molecule has 4 N–H and O–H groups in total. The van der Waals surface area contributed by atoms with Gasteiger partial charge in [0.05, 0.1) is 12.7 Å². The Bertz CT molecular complexity index is 574. The third-order valence-corrected chi connectivity index (χ3v) is 2.48. The van der Waals surface area contributed by atoms with Crippen LogP contribution in [0.3, 0.4) is 0 Å². The fraction of sp³-hybridized carbons (Fsp3) is 0.0714. The van der Waals surface area contributed by atoms with Crippen LogP contribution in [0.1, 0.15) is 10.4 Å². The summed E-state index contributed by atoms with van der Waals surface area (Å²) < 4.78 is 10.2. The molecule has 5 heteroatoms. The third-order valence-electron chi connectivity index (χ3n) is 2.48. The highest BCUT2D eigenvalue weighted by Gasteiger charge is 2.10. The van der Waals surface area contributed by atoms with E-state index >= 15 is 0 Å². The molecule has 0 atom stereocenters. The summed E-state index contributed by atoms with van der Waals surface area (Å²) in [4.78, 5) is 11.9. The van der Waals surface area contributed by atoms with E-state index in [1.807, 2.05) is 0 Å². The number of rotatable bonds is 3. The van der Waals surface area contributed by atoms with Gasteiger partial charge in [0.1, 0.15) is 11.5 Å². The Morgan fingerprint density at radius 3 is 2.00 bits per heavy atom.